The van der Waals surface area contributed by atoms with Crippen LogP contribution in [0.25, 0.3) is 0 Å². The van der Waals surface area contributed by atoms with Crippen molar-refractivity contribution in [3.63, 3.8) is 0 Å². The van der Waals surface area contributed by atoms with E-state index >= 15 is 0 Å². The molecule has 0 fully saturated rings. The number of hydrogen-bond donors (Lipinski definition) is 2. The van der Waals surface area contributed by atoms with Crippen molar-refractivity contribution in [2.45, 2.75) is 58.2 Å². The first-order valence-corrected chi connectivity index (χ1v) is 11.9. The highest BCUT2D eigenvalue weighted by molar-refractivity contribution is 14.0. The summed E-state index contributed by atoms with van der Waals surface area (Å²) in [4.78, 5) is 4.71. The number of aliphatic imine (C=N–C) groups is 1. The van der Waals surface area contributed by atoms with E-state index in [1.807, 2.05) is 0 Å². The maximum atomic E-state index is 4.71. The van der Waals surface area contributed by atoms with Crippen LogP contribution in [-0.2, 0) is 19.4 Å². The molecule has 30 heavy (non-hydrogen) atoms. The number of thioether (sulfide) groups is 1. The first-order valence-electron chi connectivity index (χ1n) is 10.7. The summed E-state index contributed by atoms with van der Waals surface area (Å²) in [5, 5.41) is 16.5. The fourth-order valence-corrected chi connectivity index (χ4v) is 3.64. The zero-order valence-electron chi connectivity index (χ0n) is 18.7. The molecule has 0 saturated heterocycles. The molecule has 0 saturated carbocycles. The molecular formula is C22H37IN6S. The molecule has 6 nitrogen and oxygen atoms in total. The van der Waals surface area contributed by atoms with E-state index in [4.69, 9.17) is 4.99 Å². The van der Waals surface area contributed by atoms with Gasteiger partial charge in [0.15, 0.2) is 11.1 Å². The van der Waals surface area contributed by atoms with Gasteiger partial charge in [-0.05, 0) is 43.9 Å². The zero-order chi connectivity index (χ0) is 20.9. The molecule has 2 N–H and O–H groups in total. The summed E-state index contributed by atoms with van der Waals surface area (Å²) in [6.45, 7) is 10.1. The third kappa shape index (κ3) is 9.68. The van der Waals surface area contributed by atoms with E-state index in [9.17, 15) is 0 Å². The molecule has 0 radical (unpaired) electrons. The van der Waals surface area contributed by atoms with Gasteiger partial charge in [-0.2, -0.15) is 0 Å². The second kappa shape index (κ2) is 15.5. The van der Waals surface area contributed by atoms with Gasteiger partial charge in [-0.15, -0.1) is 34.2 Å². The van der Waals surface area contributed by atoms with E-state index in [0.29, 0.717) is 5.92 Å². The minimum atomic E-state index is 0. The first-order chi connectivity index (χ1) is 14.1. The van der Waals surface area contributed by atoms with Gasteiger partial charge in [0.2, 0.25) is 0 Å². The van der Waals surface area contributed by atoms with Crippen molar-refractivity contribution in [1.29, 1.82) is 0 Å². The van der Waals surface area contributed by atoms with Crippen molar-refractivity contribution in [3.05, 3.63) is 41.7 Å². The fourth-order valence-electron chi connectivity index (χ4n) is 3.12. The molecule has 1 heterocycles. The van der Waals surface area contributed by atoms with Crippen LogP contribution < -0.4 is 10.6 Å². The lowest BCUT2D eigenvalue weighted by Gasteiger charge is -2.13. The van der Waals surface area contributed by atoms with Crippen molar-refractivity contribution in [2.75, 3.05) is 25.9 Å². The van der Waals surface area contributed by atoms with E-state index in [1.165, 1.54) is 5.56 Å². The van der Waals surface area contributed by atoms with Crippen LogP contribution in [0.15, 0.2) is 40.5 Å². The molecule has 0 amide bonds. The number of benzene rings is 1. The van der Waals surface area contributed by atoms with Crippen LogP contribution in [0.4, 0.5) is 0 Å². The van der Waals surface area contributed by atoms with Gasteiger partial charge in [0.1, 0.15) is 5.82 Å². The smallest absolute Gasteiger partial charge is 0.191 e. The molecule has 0 spiro atoms. The van der Waals surface area contributed by atoms with Crippen LogP contribution in [0.5, 0.6) is 0 Å². The van der Waals surface area contributed by atoms with Gasteiger partial charge in [-0.1, -0.05) is 55.9 Å². The van der Waals surface area contributed by atoms with Gasteiger partial charge in [0, 0.05) is 32.6 Å². The highest BCUT2D eigenvalue weighted by Gasteiger charge is 2.12. The molecule has 1 aromatic carbocycles. The second-order valence-corrected chi connectivity index (χ2v) is 8.26. The monoisotopic (exact) mass is 544 g/mol. The molecule has 168 valence electrons. The van der Waals surface area contributed by atoms with E-state index in [1.54, 1.807) is 11.8 Å². The van der Waals surface area contributed by atoms with Gasteiger partial charge in [0.25, 0.3) is 0 Å². The predicted octanol–water partition coefficient (Wildman–Crippen LogP) is 4.39. The predicted molar refractivity (Wildman–Crippen MR) is 139 cm³/mol. The zero-order valence-corrected chi connectivity index (χ0v) is 21.9. The minimum absolute atomic E-state index is 0. The summed E-state index contributed by atoms with van der Waals surface area (Å²) in [7, 11) is 0. The van der Waals surface area contributed by atoms with Gasteiger partial charge in [-0.25, -0.2) is 0 Å². The Kier molecular flexibility index (Phi) is 13.8. The van der Waals surface area contributed by atoms with Gasteiger partial charge in [-0.3, -0.25) is 4.99 Å². The topological polar surface area (TPSA) is 67.1 Å². The second-order valence-electron chi connectivity index (χ2n) is 7.49. The third-order valence-corrected chi connectivity index (χ3v) is 5.14. The highest BCUT2D eigenvalue weighted by atomic mass is 127. The van der Waals surface area contributed by atoms with E-state index in [-0.39, 0.29) is 24.0 Å². The summed E-state index contributed by atoms with van der Waals surface area (Å²) in [5.74, 6) is 2.56. The molecule has 2 rings (SSSR count). The molecule has 0 bridgehead atoms. The average Bonchev–Trinajstić information content (AvgIpc) is 3.10. The van der Waals surface area contributed by atoms with E-state index in [0.717, 1.165) is 68.8 Å². The fraction of sp³-hybridized carbons (Fsp3) is 0.591. The molecule has 1 aromatic heterocycles. The number of guanidine groups is 1. The normalized spacial score (nSPS) is 11.4. The van der Waals surface area contributed by atoms with Crippen LogP contribution in [0, 0.1) is 5.92 Å². The van der Waals surface area contributed by atoms with Gasteiger partial charge >= 0.3 is 0 Å². The van der Waals surface area contributed by atoms with Crippen molar-refractivity contribution in [2.24, 2.45) is 10.9 Å². The summed E-state index contributed by atoms with van der Waals surface area (Å²) in [6.07, 6.45) is 6.09. The molecule has 2 aromatic rings. The van der Waals surface area contributed by atoms with E-state index < -0.39 is 0 Å². The Bertz CT molecular complexity index is 732. The number of aromatic nitrogens is 3. The van der Waals surface area contributed by atoms with Crippen LogP contribution in [0.3, 0.4) is 0 Å². The Morgan fingerprint density at radius 1 is 1.10 bits per heavy atom. The molecule has 8 heteroatoms. The van der Waals surface area contributed by atoms with Crippen molar-refractivity contribution >= 4 is 41.7 Å². The maximum Gasteiger partial charge on any atom is 0.191 e. The largest absolute Gasteiger partial charge is 0.357 e. The van der Waals surface area contributed by atoms with Crippen LogP contribution in [-0.4, -0.2) is 46.6 Å². The summed E-state index contributed by atoms with van der Waals surface area (Å²) >= 11 is 1.66. The number of nitrogens with zero attached hydrogens (tertiary/aromatic N) is 4. The first kappa shape index (κ1) is 26.7. The summed E-state index contributed by atoms with van der Waals surface area (Å²) in [5.41, 5.74) is 1.37. The van der Waals surface area contributed by atoms with Crippen LogP contribution in [0.1, 0.15) is 45.0 Å². The SMILES string of the molecule is CCNC(=NCCCc1ccccc1)NCCCc1nnc(SC)n1CC(C)C.I. The number of nitrogens with one attached hydrogen (secondary N) is 2. The number of halogens is 1. The number of aryl methyl sites for hydroxylation is 2. The lowest BCUT2D eigenvalue weighted by atomic mass is 10.1. The molecule has 0 aliphatic carbocycles. The molecular weight excluding hydrogens is 507 g/mol. The Hall–Kier alpha value is -1.29. The lowest BCUT2D eigenvalue weighted by Crippen LogP contribution is -2.38. The Balaban J connectivity index is 0.00000450. The average molecular weight is 545 g/mol. The van der Waals surface area contributed by atoms with Gasteiger partial charge < -0.3 is 15.2 Å². The highest BCUT2D eigenvalue weighted by Crippen LogP contribution is 2.16. The number of rotatable bonds is 12. The van der Waals surface area contributed by atoms with Crippen LogP contribution in [0.2, 0.25) is 0 Å². The molecule has 0 atom stereocenters. The Morgan fingerprint density at radius 3 is 2.53 bits per heavy atom. The van der Waals surface area contributed by atoms with Gasteiger partial charge in [0.05, 0.1) is 0 Å². The Labute approximate surface area is 203 Å². The standard InChI is InChI=1S/C22H36N6S.HI/c1-5-23-21(24-15-9-13-19-11-7-6-8-12-19)25-16-10-14-20-26-27-22(29-4)28(20)17-18(2)3;/h6-8,11-12,18H,5,9-10,13-17H2,1-4H3,(H2,23,24,25);1H. The minimum Gasteiger partial charge on any atom is -0.357 e. The summed E-state index contributed by atoms with van der Waals surface area (Å²) < 4.78 is 2.26. The van der Waals surface area contributed by atoms with Crippen LogP contribution >= 0.6 is 35.7 Å². The third-order valence-electron chi connectivity index (χ3n) is 4.47. The van der Waals surface area contributed by atoms with Crippen molar-refractivity contribution in [3.8, 4) is 0 Å². The quantitative estimate of drug-likeness (QED) is 0.136. The summed E-state index contributed by atoms with van der Waals surface area (Å²) in [6, 6.07) is 10.6. The molecule has 0 unspecified atom stereocenters. The van der Waals surface area contributed by atoms with Crippen molar-refractivity contribution < 1.29 is 0 Å². The lowest BCUT2D eigenvalue weighted by molar-refractivity contribution is 0.477. The van der Waals surface area contributed by atoms with E-state index in [2.05, 4.69) is 82.8 Å². The maximum absolute atomic E-state index is 4.71. The van der Waals surface area contributed by atoms with Crippen molar-refractivity contribution in [1.82, 2.24) is 25.4 Å². The molecule has 0 aliphatic rings. The molecule has 0 aliphatic heterocycles. The number of hydrogen-bond acceptors (Lipinski definition) is 4. The Morgan fingerprint density at radius 2 is 1.87 bits per heavy atom.